The largest absolute Gasteiger partial charge is 0.480 e. The number of ether oxygens (including phenoxy) is 1. The van der Waals surface area contributed by atoms with Gasteiger partial charge >= 0.3 is 6.03 Å². The Bertz CT molecular complexity index is 933. The number of anilines is 2. The van der Waals surface area contributed by atoms with Crippen LogP contribution in [0.15, 0.2) is 54.6 Å². The van der Waals surface area contributed by atoms with Crippen LogP contribution in [0.5, 0.6) is 5.88 Å². The number of urea groups is 1. The summed E-state index contributed by atoms with van der Waals surface area (Å²) >= 11 is 12.0. The number of aromatic nitrogens is 2. The maximum absolute atomic E-state index is 12.2. The van der Waals surface area contributed by atoms with E-state index in [1.807, 2.05) is 12.1 Å². The van der Waals surface area contributed by atoms with Crippen LogP contribution in [-0.2, 0) is 0 Å². The third-order valence-electron chi connectivity index (χ3n) is 3.44. The van der Waals surface area contributed by atoms with E-state index in [0.717, 1.165) is 5.56 Å². The van der Waals surface area contributed by atoms with Crippen molar-refractivity contribution in [2.75, 3.05) is 17.7 Å². The molecule has 8 heteroatoms. The first-order chi connectivity index (χ1) is 12.5. The molecule has 0 fully saturated rings. The van der Waals surface area contributed by atoms with Gasteiger partial charge in [-0.15, -0.1) is 10.2 Å². The summed E-state index contributed by atoms with van der Waals surface area (Å²) in [6.45, 7) is 0. The lowest BCUT2D eigenvalue weighted by Crippen LogP contribution is -2.19. The van der Waals surface area contributed by atoms with Crippen molar-refractivity contribution in [1.29, 1.82) is 0 Å². The lowest BCUT2D eigenvalue weighted by atomic mass is 10.1. The summed E-state index contributed by atoms with van der Waals surface area (Å²) in [6.07, 6.45) is 0. The Hall–Kier alpha value is -2.83. The van der Waals surface area contributed by atoms with E-state index in [9.17, 15) is 4.79 Å². The fourth-order valence-electron chi connectivity index (χ4n) is 2.22. The van der Waals surface area contributed by atoms with Gasteiger partial charge in [0.05, 0.1) is 23.5 Å². The van der Waals surface area contributed by atoms with Crippen LogP contribution in [0.2, 0.25) is 10.0 Å². The molecule has 2 aromatic carbocycles. The van der Waals surface area contributed by atoms with Crippen molar-refractivity contribution >= 4 is 40.6 Å². The summed E-state index contributed by atoms with van der Waals surface area (Å²) in [4.78, 5) is 12.2. The van der Waals surface area contributed by atoms with Crippen molar-refractivity contribution < 1.29 is 9.53 Å². The molecule has 0 spiro atoms. The molecule has 0 unspecified atom stereocenters. The Labute approximate surface area is 160 Å². The zero-order valence-electron chi connectivity index (χ0n) is 13.7. The highest BCUT2D eigenvalue weighted by Gasteiger charge is 2.08. The molecular weight excluding hydrogens is 375 g/mol. The van der Waals surface area contributed by atoms with Crippen molar-refractivity contribution in [2.45, 2.75) is 0 Å². The number of halogens is 2. The lowest BCUT2D eigenvalue weighted by Gasteiger charge is -2.10. The topological polar surface area (TPSA) is 76.1 Å². The molecule has 0 atom stereocenters. The summed E-state index contributed by atoms with van der Waals surface area (Å²) in [5.74, 6) is 0.431. The van der Waals surface area contributed by atoms with Crippen molar-refractivity contribution in [3.05, 3.63) is 64.6 Å². The molecule has 132 valence electrons. The number of carbonyl (C=O) groups is 1. The summed E-state index contributed by atoms with van der Waals surface area (Å²) < 4.78 is 5.00. The van der Waals surface area contributed by atoms with Crippen LogP contribution in [0, 0.1) is 0 Å². The highest BCUT2D eigenvalue weighted by Crippen LogP contribution is 2.26. The molecule has 6 nitrogen and oxygen atoms in total. The highest BCUT2D eigenvalue weighted by molar-refractivity contribution is 6.35. The minimum absolute atomic E-state index is 0.395. The molecular formula is C18H14Cl2N4O2. The van der Waals surface area contributed by atoms with Gasteiger partial charge in [-0.05, 0) is 36.4 Å². The Morgan fingerprint density at radius 2 is 1.85 bits per heavy atom. The van der Waals surface area contributed by atoms with Gasteiger partial charge in [0.2, 0.25) is 5.88 Å². The zero-order valence-corrected chi connectivity index (χ0v) is 15.2. The lowest BCUT2D eigenvalue weighted by molar-refractivity contribution is 0.262. The molecule has 3 rings (SSSR count). The third kappa shape index (κ3) is 4.41. The quantitative estimate of drug-likeness (QED) is 0.651. The van der Waals surface area contributed by atoms with Gasteiger partial charge in [0.15, 0.2) is 0 Å². The van der Waals surface area contributed by atoms with Gasteiger partial charge in [0.25, 0.3) is 0 Å². The minimum atomic E-state index is -0.438. The average Bonchev–Trinajstić information content (AvgIpc) is 2.65. The Kier molecular flexibility index (Phi) is 5.55. The second-order valence-electron chi connectivity index (χ2n) is 5.25. The van der Waals surface area contributed by atoms with Crippen molar-refractivity contribution in [3.63, 3.8) is 0 Å². The monoisotopic (exact) mass is 388 g/mol. The first-order valence-corrected chi connectivity index (χ1v) is 8.32. The number of rotatable bonds is 4. The molecule has 0 bridgehead atoms. The van der Waals surface area contributed by atoms with E-state index in [2.05, 4.69) is 20.8 Å². The number of nitrogens with one attached hydrogen (secondary N) is 2. The fourth-order valence-corrected chi connectivity index (χ4v) is 2.55. The zero-order chi connectivity index (χ0) is 18.5. The SMILES string of the molecule is COc1ccc(-c2cccc(NC(=O)Nc3cc(Cl)ccc3Cl)c2)nn1. The molecule has 0 aliphatic carbocycles. The Balaban J connectivity index is 1.73. The Morgan fingerprint density at radius 3 is 2.58 bits per heavy atom. The predicted octanol–water partition coefficient (Wildman–Crippen LogP) is 5.10. The molecule has 0 radical (unpaired) electrons. The van der Waals surface area contributed by atoms with E-state index < -0.39 is 6.03 Å². The Morgan fingerprint density at radius 1 is 1.00 bits per heavy atom. The molecule has 2 amide bonds. The van der Waals surface area contributed by atoms with Gasteiger partial charge in [-0.1, -0.05) is 35.3 Å². The number of benzene rings is 2. The van der Waals surface area contributed by atoms with Crippen LogP contribution in [0.3, 0.4) is 0 Å². The van der Waals surface area contributed by atoms with Crippen LogP contribution in [0.25, 0.3) is 11.3 Å². The van der Waals surface area contributed by atoms with Crippen LogP contribution >= 0.6 is 23.2 Å². The normalized spacial score (nSPS) is 10.3. The predicted molar refractivity (Wildman–Crippen MR) is 103 cm³/mol. The van der Waals surface area contributed by atoms with Gasteiger partial charge in [-0.25, -0.2) is 4.79 Å². The summed E-state index contributed by atoms with van der Waals surface area (Å²) in [6, 6.07) is 15.1. The molecule has 3 aromatic rings. The van der Waals surface area contributed by atoms with E-state index in [-0.39, 0.29) is 0 Å². The minimum Gasteiger partial charge on any atom is -0.480 e. The van der Waals surface area contributed by atoms with Crippen LogP contribution in [0.1, 0.15) is 0 Å². The average molecular weight is 389 g/mol. The van der Waals surface area contributed by atoms with Crippen molar-refractivity contribution in [2.24, 2.45) is 0 Å². The van der Waals surface area contributed by atoms with Crippen molar-refractivity contribution in [3.8, 4) is 17.1 Å². The number of carbonyl (C=O) groups excluding carboxylic acids is 1. The third-order valence-corrected chi connectivity index (χ3v) is 4.01. The number of nitrogens with zero attached hydrogens (tertiary/aromatic N) is 2. The molecule has 0 saturated carbocycles. The van der Waals surface area contributed by atoms with E-state index in [1.165, 1.54) is 7.11 Å². The van der Waals surface area contributed by atoms with Crippen molar-refractivity contribution in [1.82, 2.24) is 10.2 Å². The maximum Gasteiger partial charge on any atom is 0.323 e. The fraction of sp³-hybridized carbons (Fsp3) is 0.0556. The summed E-state index contributed by atoms with van der Waals surface area (Å²) in [5.41, 5.74) is 2.48. The molecule has 0 aliphatic rings. The van der Waals surface area contributed by atoms with Gasteiger partial charge in [-0.3, -0.25) is 0 Å². The number of methoxy groups -OCH3 is 1. The molecule has 1 aromatic heterocycles. The molecule has 2 N–H and O–H groups in total. The summed E-state index contributed by atoms with van der Waals surface area (Å²) in [5, 5.41) is 14.3. The first-order valence-electron chi connectivity index (χ1n) is 7.56. The van der Waals surface area contributed by atoms with Crippen LogP contribution in [-0.4, -0.2) is 23.3 Å². The van der Waals surface area contributed by atoms with Gasteiger partial charge < -0.3 is 15.4 Å². The second kappa shape index (κ2) is 8.03. The van der Waals surface area contributed by atoms with Gasteiger partial charge in [-0.2, -0.15) is 0 Å². The second-order valence-corrected chi connectivity index (χ2v) is 6.09. The number of amides is 2. The van der Waals surface area contributed by atoms with Gasteiger partial charge in [0.1, 0.15) is 0 Å². The van der Waals surface area contributed by atoms with Crippen LogP contribution < -0.4 is 15.4 Å². The molecule has 1 heterocycles. The summed E-state index contributed by atoms with van der Waals surface area (Å²) in [7, 11) is 1.53. The first kappa shape index (κ1) is 18.0. The molecule has 0 aliphatic heterocycles. The number of hydrogen-bond acceptors (Lipinski definition) is 4. The standard InChI is InChI=1S/C18H14Cl2N4O2/c1-26-17-8-7-15(23-24-17)11-3-2-4-13(9-11)21-18(25)22-16-10-12(19)5-6-14(16)20/h2-10H,1H3,(H2,21,22,25). The van der Waals surface area contributed by atoms with E-state index in [1.54, 1.807) is 42.5 Å². The molecule has 26 heavy (non-hydrogen) atoms. The van der Waals surface area contributed by atoms with E-state index >= 15 is 0 Å². The highest BCUT2D eigenvalue weighted by atomic mass is 35.5. The van der Waals surface area contributed by atoms with Gasteiger partial charge in [0, 0.05) is 22.3 Å². The smallest absolute Gasteiger partial charge is 0.323 e. The maximum atomic E-state index is 12.2. The number of hydrogen-bond donors (Lipinski definition) is 2. The van der Waals surface area contributed by atoms with E-state index in [0.29, 0.717) is 33.0 Å². The van der Waals surface area contributed by atoms with Crippen LogP contribution in [0.4, 0.5) is 16.2 Å². The molecule has 0 saturated heterocycles. The van der Waals surface area contributed by atoms with E-state index in [4.69, 9.17) is 27.9 Å².